The van der Waals surface area contributed by atoms with Crippen LogP contribution in [-0.4, -0.2) is 40.8 Å². The molecule has 0 amide bonds. The average molecular weight is 510 g/mol. The molecule has 192 valence electrons. The summed E-state index contributed by atoms with van der Waals surface area (Å²) >= 11 is 0. The molecular weight excluding hydrogens is 483 g/mol. The Morgan fingerprint density at radius 3 is 2.46 bits per heavy atom. The first-order chi connectivity index (χ1) is 17.7. The molecule has 37 heavy (non-hydrogen) atoms. The van der Waals surface area contributed by atoms with Crippen LogP contribution in [0.1, 0.15) is 79.1 Å². The second-order valence-electron chi connectivity index (χ2n) is 10.0. The number of hydrogen-bond acceptors (Lipinski definition) is 7. The smallest absolute Gasteiger partial charge is 0.370 e. The molecule has 3 atom stereocenters. The Balaban J connectivity index is 1.40. The van der Waals surface area contributed by atoms with Crippen molar-refractivity contribution < 1.29 is 17.9 Å². The van der Waals surface area contributed by atoms with Gasteiger partial charge >= 0.3 is 6.18 Å². The first kappa shape index (κ1) is 23.9. The Morgan fingerprint density at radius 1 is 0.973 bits per heavy atom. The normalized spacial score (nSPS) is 22.5. The molecule has 0 spiro atoms. The molecule has 11 heteroatoms. The second-order valence-corrected chi connectivity index (χ2v) is 10.0. The van der Waals surface area contributed by atoms with Crippen molar-refractivity contribution in [2.24, 2.45) is 0 Å². The van der Waals surface area contributed by atoms with E-state index < -0.39 is 11.9 Å². The fourth-order valence-corrected chi connectivity index (χ4v) is 4.84. The van der Waals surface area contributed by atoms with Crippen LogP contribution < -0.4 is 0 Å². The number of hydrogen-bond donors (Lipinski definition) is 0. The molecule has 0 unspecified atom stereocenters. The number of ether oxygens (including phenoxy) is 1. The maximum absolute atomic E-state index is 13.1. The molecular formula is C26H26F3N7O. The van der Waals surface area contributed by atoms with E-state index in [-0.39, 0.29) is 18.1 Å². The second kappa shape index (κ2) is 8.83. The molecule has 4 aromatic heterocycles. The lowest BCUT2D eigenvalue weighted by atomic mass is 9.89. The van der Waals surface area contributed by atoms with E-state index in [0.717, 1.165) is 30.2 Å². The van der Waals surface area contributed by atoms with Gasteiger partial charge in [0.25, 0.3) is 0 Å². The topological polar surface area (TPSA) is 91.5 Å². The number of pyridine rings is 1. The Bertz CT molecular complexity index is 1460. The largest absolute Gasteiger partial charge is 0.433 e. The summed E-state index contributed by atoms with van der Waals surface area (Å²) in [6.45, 7) is 5.71. The zero-order chi connectivity index (χ0) is 25.9. The minimum atomic E-state index is -4.52. The van der Waals surface area contributed by atoms with Gasteiger partial charge in [-0.2, -0.15) is 18.3 Å². The Labute approximate surface area is 211 Å². The van der Waals surface area contributed by atoms with Crippen LogP contribution in [0.15, 0.2) is 30.7 Å². The number of nitrogens with zero attached hydrogens (tertiary/aromatic N) is 7. The number of halogens is 3. The SMILES string of the molecule is Cc1nc2nc([C@@H]3C[C@@H](c4cnn(C5CC5)c4)O[C@@H](C)C3)nc(-c3ccc(C(F)(F)F)nc3)c2nc1C. The summed E-state index contributed by atoms with van der Waals surface area (Å²) < 4.78 is 47.6. The van der Waals surface area contributed by atoms with Crippen LogP contribution in [0.3, 0.4) is 0 Å². The van der Waals surface area contributed by atoms with Crippen LogP contribution in [0.5, 0.6) is 0 Å². The Hall–Kier alpha value is -3.47. The van der Waals surface area contributed by atoms with Gasteiger partial charge in [-0.1, -0.05) is 0 Å². The van der Waals surface area contributed by atoms with Gasteiger partial charge in [0.1, 0.15) is 22.7 Å². The number of rotatable bonds is 4. The quantitative estimate of drug-likeness (QED) is 0.350. The maximum atomic E-state index is 13.1. The molecule has 1 aliphatic heterocycles. The third-order valence-corrected chi connectivity index (χ3v) is 7.08. The summed E-state index contributed by atoms with van der Waals surface area (Å²) in [6, 6.07) is 2.82. The van der Waals surface area contributed by atoms with Crippen LogP contribution in [0.4, 0.5) is 13.2 Å². The van der Waals surface area contributed by atoms with Gasteiger partial charge in [-0.3, -0.25) is 9.67 Å². The summed E-state index contributed by atoms with van der Waals surface area (Å²) in [5.74, 6) is 0.543. The monoisotopic (exact) mass is 509 g/mol. The zero-order valence-electron chi connectivity index (χ0n) is 20.7. The van der Waals surface area contributed by atoms with Gasteiger partial charge in [0.15, 0.2) is 5.65 Å². The van der Waals surface area contributed by atoms with Gasteiger partial charge < -0.3 is 4.74 Å². The van der Waals surface area contributed by atoms with Crippen molar-refractivity contribution in [3.05, 3.63) is 59.2 Å². The molecule has 5 heterocycles. The number of fused-ring (bicyclic) bond motifs is 1. The number of aromatic nitrogens is 7. The summed E-state index contributed by atoms with van der Waals surface area (Å²) in [7, 11) is 0. The van der Waals surface area contributed by atoms with E-state index in [2.05, 4.69) is 26.2 Å². The van der Waals surface area contributed by atoms with Crippen molar-refractivity contribution in [1.29, 1.82) is 0 Å². The van der Waals surface area contributed by atoms with Gasteiger partial charge in [-0.25, -0.2) is 19.9 Å². The van der Waals surface area contributed by atoms with E-state index in [1.807, 2.05) is 31.6 Å². The van der Waals surface area contributed by atoms with E-state index in [9.17, 15) is 13.2 Å². The van der Waals surface area contributed by atoms with E-state index in [0.29, 0.717) is 52.8 Å². The van der Waals surface area contributed by atoms with Crippen molar-refractivity contribution in [2.75, 3.05) is 0 Å². The highest BCUT2D eigenvalue weighted by Gasteiger charge is 2.34. The first-order valence-electron chi connectivity index (χ1n) is 12.4. The Kier molecular flexibility index (Phi) is 5.70. The Morgan fingerprint density at radius 2 is 1.76 bits per heavy atom. The minimum Gasteiger partial charge on any atom is -0.370 e. The fraction of sp³-hybridized carbons (Fsp3) is 0.462. The molecule has 2 aliphatic rings. The maximum Gasteiger partial charge on any atom is 0.433 e. The van der Waals surface area contributed by atoms with Crippen LogP contribution in [0.25, 0.3) is 22.4 Å². The van der Waals surface area contributed by atoms with E-state index in [1.165, 1.54) is 12.3 Å². The minimum absolute atomic E-state index is 0.0330. The first-order valence-corrected chi connectivity index (χ1v) is 12.4. The molecule has 6 rings (SSSR count). The summed E-state index contributed by atoms with van der Waals surface area (Å²) in [5.41, 5.74) is 3.23. The predicted molar refractivity (Wildman–Crippen MR) is 129 cm³/mol. The van der Waals surface area contributed by atoms with E-state index in [4.69, 9.17) is 14.7 Å². The lowest BCUT2D eigenvalue weighted by molar-refractivity contribution is -0.141. The van der Waals surface area contributed by atoms with Crippen molar-refractivity contribution in [3.8, 4) is 11.3 Å². The summed E-state index contributed by atoms with van der Waals surface area (Å²) in [4.78, 5) is 22.6. The molecule has 1 aliphatic carbocycles. The highest BCUT2D eigenvalue weighted by Crippen LogP contribution is 2.41. The third kappa shape index (κ3) is 4.68. The van der Waals surface area contributed by atoms with Gasteiger partial charge in [0.05, 0.1) is 35.8 Å². The molecule has 4 aromatic rings. The van der Waals surface area contributed by atoms with Crippen LogP contribution in [-0.2, 0) is 10.9 Å². The molecule has 2 fully saturated rings. The molecule has 0 bridgehead atoms. The predicted octanol–water partition coefficient (Wildman–Crippen LogP) is 5.67. The fourth-order valence-electron chi connectivity index (χ4n) is 4.84. The lowest BCUT2D eigenvalue weighted by Gasteiger charge is -2.33. The van der Waals surface area contributed by atoms with E-state index in [1.54, 1.807) is 0 Å². The molecule has 1 saturated carbocycles. The highest BCUT2D eigenvalue weighted by atomic mass is 19.4. The van der Waals surface area contributed by atoms with Crippen LogP contribution in [0, 0.1) is 13.8 Å². The summed E-state index contributed by atoms with van der Waals surface area (Å²) in [6.07, 6.45) is 4.09. The zero-order valence-corrected chi connectivity index (χ0v) is 20.7. The van der Waals surface area contributed by atoms with Gasteiger partial charge in [-0.05, 0) is 58.6 Å². The molecule has 1 saturated heterocycles. The van der Waals surface area contributed by atoms with E-state index >= 15 is 0 Å². The standard InChI is InChI=1S/C26H26F3N7O/c1-13-8-17(9-20(37-13)18-11-31-36(12-18)19-5-6-19)24-34-22(16-4-7-21(30-10-16)26(27,28)29)23-25(35-24)33-15(3)14(2)32-23/h4,7,10-13,17,19-20H,5-6,8-9H2,1-3H3/t13-,17-,20-/m0/s1. The highest BCUT2D eigenvalue weighted by molar-refractivity contribution is 5.86. The molecule has 0 N–H and O–H groups in total. The lowest BCUT2D eigenvalue weighted by Crippen LogP contribution is -2.26. The number of aryl methyl sites for hydroxylation is 2. The third-order valence-electron chi connectivity index (χ3n) is 7.08. The average Bonchev–Trinajstić information content (AvgIpc) is 3.59. The van der Waals surface area contributed by atoms with Gasteiger partial charge in [0, 0.05) is 29.4 Å². The summed E-state index contributed by atoms with van der Waals surface area (Å²) in [5, 5.41) is 4.51. The number of alkyl halides is 3. The van der Waals surface area contributed by atoms with Crippen molar-refractivity contribution in [1.82, 2.24) is 34.7 Å². The molecule has 8 nitrogen and oxygen atoms in total. The van der Waals surface area contributed by atoms with Crippen molar-refractivity contribution >= 4 is 11.2 Å². The molecule has 0 aromatic carbocycles. The van der Waals surface area contributed by atoms with Gasteiger partial charge in [0.2, 0.25) is 0 Å². The molecule has 0 radical (unpaired) electrons. The van der Waals surface area contributed by atoms with Crippen molar-refractivity contribution in [3.63, 3.8) is 0 Å². The van der Waals surface area contributed by atoms with Crippen LogP contribution in [0.2, 0.25) is 0 Å². The van der Waals surface area contributed by atoms with Gasteiger partial charge in [-0.15, -0.1) is 0 Å². The van der Waals surface area contributed by atoms with Crippen LogP contribution >= 0.6 is 0 Å². The van der Waals surface area contributed by atoms with Crippen molar-refractivity contribution in [2.45, 2.75) is 76.8 Å².